The number of benzene rings is 2. The monoisotopic (exact) mass is 372 g/mol. The van der Waals surface area contributed by atoms with Gasteiger partial charge in [0.2, 0.25) is 0 Å². The maximum absolute atomic E-state index is 11.0. The summed E-state index contributed by atoms with van der Waals surface area (Å²) in [5, 5.41) is 15.6. The number of ether oxygens (including phenoxy) is 1. The van der Waals surface area contributed by atoms with Crippen LogP contribution in [-0.4, -0.2) is 21.3 Å². The van der Waals surface area contributed by atoms with Gasteiger partial charge in [0.15, 0.2) is 0 Å². The van der Waals surface area contributed by atoms with Crippen molar-refractivity contribution in [1.29, 1.82) is 0 Å². The Balaban J connectivity index is 1.89. The van der Waals surface area contributed by atoms with Gasteiger partial charge in [0.1, 0.15) is 18.1 Å². The predicted molar refractivity (Wildman–Crippen MR) is 89.5 cm³/mol. The lowest BCUT2D eigenvalue weighted by atomic mass is 10.1. The molecular weight excluding hydrogens is 360 g/mol. The number of aromatic nitrogens is 2. The first-order chi connectivity index (χ1) is 11.1. The minimum absolute atomic E-state index is 0.0388. The van der Waals surface area contributed by atoms with Crippen LogP contribution in [0.4, 0.5) is 0 Å². The summed E-state index contributed by atoms with van der Waals surface area (Å²) < 4.78 is 6.77. The fraction of sp³-hybridized carbons (Fsp3) is 0.0588. The van der Waals surface area contributed by atoms with Crippen LogP contribution in [0.25, 0.3) is 11.3 Å². The Labute approximate surface area is 141 Å². The molecule has 0 bridgehead atoms. The van der Waals surface area contributed by atoms with E-state index in [0.29, 0.717) is 18.1 Å². The Morgan fingerprint density at radius 2 is 1.96 bits per heavy atom. The van der Waals surface area contributed by atoms with Gasteiger partial charge < -0.3 is 9.84 Å². The molecule has 2 N–H and O–H groups in total. The normalized spacial score (nSPS) is 10.5. The lowest BCUT2D eigenvalue weighted by Gasteiger charge is -2.11. The summed E-state index contributed by atoms with van der Waals surface area (Å²) >= 11 is 3.42. The number of aromatic carboxylic acids is 1. The van der Waals surface area contributed by atoms with E-state index < -0.39 is 5.97 Å². The maximum atomic E-state index is 11.0. The molecule has 0 aliphatic carbocycles. The van der Waals surface area contributed by atoms with Crippen LogP contribution in [0.15, 0.2) is 59.1 Å². The first-order valence-electron chi connectivity index (χ1n) is 6.89. The number of hydrogen-bond donors (Lipinski definition) is 2. The van der Waals surface area contributed by atoms with E-state index >= 15 is 0 Å². The van der Waals surface area contributed by atoms with E-state index in [1.165, 1.54) is 6.07 Å². The molecule has 0 amide bonds. The fourth-order valence-electron chi connectivity index (χ4n) is 2.13. The van der Waals surface area contributed by atoms with Gasteiger partial charge >= 0.3 is 5.97 Å². The van der Waals surface area contributed by atoms with Crippen molar-refractivity contribution in [3.63, 3.8) is 0 Å². The van der Waals surface area contributed by atoms with E-state index in [1.54, 1.807) is 0 Å². The molecule has 1 heterocycles. The van der Waals surface area contributed by atoms with Crippen LogP contribution in [0.1, 0.15) is 16.1 Å². The molecule has 0 aliphatic rings. The van der Waals surface area contributed by atoms with Gasteiger partial charge in [-0.25, -0.2) is 4.79 Å². The summed E-state index contributed by atoms with van der Waals surface area (Å²) in [7, 11) is 0. The SMILES string of the molecule is O=C(O)c1cc(-c2ccc(Br)cc2OCc2ccccc2)n[nH]1. The first-order valence-corrected chi connectivity index (χ1v) is 7.68. The summed E-state index contributed by atoms with van der Waals surface area (Å²) in [6.07, 6.45) is 0. The summed E-state index contributed by atoms with van der Waals surface area (Å²) in [4.78, 5) is 11.0. The number of carbonyl (C=O) groups is 1. The van der Waals surface area contributed by atoms with Crippen molar-refractivity contribution < 1.29 is 14.6 Å². The third-order valence-corrected chi connectivity index (χ3v) is 3.76. The predicted octanol–water partition coefficient (Wildman–Crippen LogP) is 4.12. The molecule has 2 aromatic carbocycles. The second-order valence-electron chi connectivity index (χ2n) is 4.89. The van der Waals surface area contributed by atoms with Crippen molar-refractivity contribution in [2.24, 2.45) is 0 Å². The number of carboxylic acid groups (broad SMARTS) is 1. The Bertz CT molecular complexity index is 831. The maximum Gasteiger partial charge on any atom is 0.353 e. The molecule has 3 aromatic rings. The molecule has 0 saturated carbocycles. The second-order valence-corrected chi connectivity index (χ2v) is 5.80. The van der Waals surface area contributed by atoms with E-state index in [9.17, 15) is 4.79 Å². The Morgan fingerprint density at radius 1 is 1.17 bits per heavy atom. The molecule has 6 heteroatoms. The van der Waals surface area contributed by atoms with E-state index in [4.69, 9.17) is 9.84 Å². The molecule has 0 radical (unpaired) electrons. The number of nitrogens with zero attached hydrogens (tertiary/aromatic N) is 1. The van der Waals surface area contributed by atoms with E-state index in [1.807, 2.05) is 48.5 Å². The number of rotatable bonds is 5. The van der Waals surface area contributed by atoms with Crippen LogP contribution in [0.3, 0.4) is 0 Å². The highest BCUT2D eigenvalue weighted by molar-refractivity contribution is 9.10. The van der Waals surface area contributed by atoms with Crippen molar-refractivity contribution in [2.45, 2.75) is 6.61 Å². The molecule has 0 fully saturated rings. The molecule has 0 atom stereocenters. The number of halogens is 1. The molecule has 23 heavy (non-hydrogen) atoms. The summed E-state index contributed by atoms with van der Waals surface area (Å²) in [5.41, 5.74) is 2.34. The third kappa shape index (κ3) is 3.60. The Hall–Kier alpha value is -2.60. The number of aromatic amines is 1. The average Bonchev–Trinajstić information content (AvgIpc) is 3.04. The van der Waals surface area contributed by atoms with Gasteiger partial charge in [-0.2, -0.15) is 5.10 Å². The van der Waals surface area contributed by atoms with Crippen molar-refractivity contribution >= 4 is 21.9 Å². The Kier molecular flexibility index (Phi) is 4.43. The summed E-state index contributed by atoms with van der Waals surface area (Å²) in [6.45, 7) is 0.417. The fourth-order valence-corrected chi connectivity index (χ4v) is 2.47. The molecule has 0 unspecified atom stereocenters. The topological polar surface area (TPSA) is 75.2 Å². The quantitative estimate of drug-likeness (QED) is 0.706. The highest BCUT2D eigenvalue weighted by Gasteiger charge is 2.14. The highest BCUT2D eigenvalue weighted by atomic mass is 79.9. The summed E-state index contributed by atoms with van der Waals surface area (Å²) in [5.74, 6) is -0.417. The lowest BCUT2D eigenvalue weighted by molar-refractivity contribution is 0.0690. The number of H-pyrrole nitrogens is 1. The van der Waals surface area contributed by atoms with Crippen LogP contribution < -0.4 is 4.74 Å². The molecular formula is C17H13BrN2O3. The van der Waals surface area contributed by atoms with Gasteiger partial charge in [-0.05, 0) is 29.8 Å². The molecule has 116 valence electrons. The first kappa shape index (κ1) is 15.3. The molecule has 5 nitrogen and oxygen atoms in total. The van der Waals surface area contributed by atoms with Crippen LogP contribution in [0.2, 0.25) is 0 Å². The van der Waals surface area contributed by atoms with Crippen LogP contribution >= 0.6 is 15.9 Å². The third-order valence-electron chi connectivity index (χ3n) is 3.27. The zero-order chi connectivity index (χ0) is 16.2. The van der Waals surface area contributed by atoms with Crippen molar-refractivity contribution in [2.75, 3.05) is 0 Å². The standard InChI is InChI=1S/C17H13BrN2O3/c18-12-6-7-13(14-9-15(17(21)22)20-19-14)16(8-12)23-10-11-4-2-1-3-5-11/h1-9H,10H2,(H,19,20)(H,21,22). The number of carboxylic acids is 1. The van der Waals surface area contributed by atoms with Crippen molar-refractivity contribution in [3.05, 3.63) is 70.3 Å². The zero-order valence-electron chi connectivity index (χ0n) is 12.0. The molecule has 0 saturated heterocycles. The smallest absolute Gasteiger partial charge is 0.353 e. The second kappa shape index (κ2) is 6.66. The minimum Gasteiger partial charge on any atom is -0.488 e. The molecule has 0 spiro atoms. The summed E-state index contributed by atoms with van der Waals surface area (Å²) in [6, 6.07) is 16.8. The van der Waals surface area contributed by atoms with E-state index in [2.05, 4.69) is 26.1 Å². The van der Waals surface area contributed by atoms with Crippen molar-refractivity contribution in [1.82, 2.24) is 10.2 Å². The largest absolute Gasteiger partial charge is 0.488 e. The zero-order valence-corrected chi connectivity index (χ0v) is 13.6. The van der Waals surface area contributed by atoms with Gasteiger partial charge in [0.05, 0.1) is 5.69 Å². The lowest BCUT2D eigenvalue weighted by Crippen LogP contribution is -1.97. The average molecular weight is 373 g/mol. The van der Waals surface area contributed by atoms with Gasteiger partial charge in [-0.3, -0.25) is 5.10 Å². The van der Waals surface area contributed by atoms with Crippen molar-refractivity contribution in [3.8, 4) is 17.0 Å². The number of hydrogen-bond acceptors (Lipinski definition) is 3. The number of nitrogens with one attached hydrogen (secondary N) is 1. The molecule has 0 aliphatic heterocycles. The van der Waals surface area contributed by atoms with Gasteiger partial charge in [-0.1, -0.05) is 46.3 Å². The molecule has 1 aromatic heterocycles. The minimum atomic E-state index is -1.05. The van der Waals surface area contributed by atoms with Gasteiger partial charge in [0, 0.05) is 10.0 Å². The van der Waals surface area contributed by atoms with Crippen LogP contribution in [0, 0.1) is 0 Å². The van der Waals surface area contributed by atoms with E-state index in [-0.39, 0.29) is 5.69 Å². The van der Waals surface area contributed by atoms with Gasteiger partial charge in [-0.15, -0.1) is 0 Å². The van der Waals surface area contributed by atoms with Crippen LogP contribution in [-0.2, 0) is 6.61 Å². The molecule has 3 rings (SSSR count). The Morgan fingerprint density at radius 3 is 2.65 bits per heavy atom. The van der Waals surface area contributed by atoms with Crippen LogP contribution in [0.5, 0.6) is 5.75 Å². The van der Waals surface area contributed by atoms with E-state index in [0.717, 1.165) is 15.6 Å². The van der Waals surface area contributed by atoms with Gasteiger partial charge in [0.25, 0.3) is 0 Å². The highest BCUT2D eigenvalue weighted by Crippen LogP contribution is 2.32.